The smallest absolute Gasteiger partial charge is 0.254 e. The third kappa shape index (κ3) is 4.18. The number of amides is 1. The number of benzene rings is 1. The van der Waals surface area contributed by atoms with Crippen LogP contribution >= 0.6 is 0 Å². The Morgan fingerprint density at radius 2 is 2.16 bits per heavy atom. The Labute approximate surface area is 113 Å². The second-order valence-corrected chi connectivity index (χ2v) is 5.67. The van der Waals surface area contributed by atoms with Crippen molar-refractivity contribution in [3.63, 3.8) is 0 Å². The molecule has 5 nitrogen and oxygen atoms in total. The minimum Gasteiger partial charge on any atom is -0.335 e. The van der Waals surface area contributed by atoms with Crippen LogP contribution < -0.4 is 5.14 Å². The molecule has 0 saturated carbocycles. The first kappa shape index (κ1) is 15.4. The molecule has 0 aliphatic heterocycles. The summed E-state index contributed by atoms with van der Waals surface area (Å²) in [6.45, 7) is 6.58. The zero-order valence-electron chi connectivity index (χ0n) is 10.9. The minimum absolute atomic E-state index is 0.0617. The summed E-state index contributed by atoms with van der Waals surface area (Å²) in [5, 5.41) is 5.05. The molecule has 0 aliphatic carbocycles. The van der Waals surface area contributed by atoms with Crippen LogP contribution in [0.5, 0.6) is 0 Å². The normalized spacial score (nSPS) is 11.1. The van der Waals surface area contributed by atoms with Gasteiger partial charge >= 0.3 is 0 Å². The number of hydrogen-bond acceptors (Lipinski definition) is 3. The molecular formula is C13H18N2O3S. The minimum atomic E-state index is -3.80. The number of nitrogens with zero attached hydrogens (tertiary/aromatic N) is 1. The van der Waals surface area contributed by atoms with Crippen LogP contribution in [0, 0.1) is 0 Å². The van der Waals surface area contributed by atoms with Gasteiger partial charge in [-0.3, -0.25) is 4.79 Å². The second-order valence-electron chi connectivity index (χ2n) is 4.11. The average Bonchev–Trinajstić information content (AvgIpc) is 2.37. The molecule has 19 heavy (non-hydrogen) atoms. The molecule has 0 unspecified atom stereocenters. The highest BCUT2D eigenvalue weighted by Gasteiger charge is 2.16. The van der Waals surface area contributed by atoms with Crippen molar-refractivity contribution in [2.75, 3.05) is 13.1 Å². The van der Waals surface area contributed by atoms with Gasteiger partial charge in [-0.25, -0.2) is 13.6 Å². The Morgan fingerprint density at radius 3 is 2.68 bits per heavy atom. The van der Waals surface area contributed by atoms with Gasteiger partial charge in [0, 0.05) is 18.7 Å². The van der Waals surface area contributed by atoms with Crippen LogP contribution in [0.25, 0.3) is 0 Å². The molecule has 0 saturated heterocycles. The number of rotatable bonds is 6. The van der Waals surface area contributed by atoms with Crippen molar-refractivity contribution < 1.29 is 13.2 Å². The Morgan fingerprint density at radius 1 is 1.47 bits per heavy atom. The maximum absolute atomic E-state index is 12.2. The lowest BCUT2D eigenvalue weighted by Crippen LogP contribution is -2.32. The van der Waals surface area contributed by atoms with Crippen LogP contribution in [0.4, 0.5) is 0 Å². The van der Waals surface area contributed by atoms with Crippen molar-refractivity contribution in [3.8, 4) is 0 Å². The molecule has 1 aromatic rings. The van der Waals surface area contributed by atoms with E-state index in [4.69, 9.17) is 5.14 Å². The molecule has 0 fully saturated rings. The summed E-state index contributed by atoms with van der Waals surface area (Å²) in [7, 11) is -3.80. The van der Waals surface area contributed by atoms with Crippen molar-refractivity contribution in [3.05, 3.63) is 42.5 Å². The summed E-state index contributed by atoms with van der Waals surface area (Å²) < 4.78 is 22.5. The van der Waals surface area contributed by atoms with E-state index in [-0.39, 0.29) is 10.8 Å². The van der Waals surface area contributed by atoms with Crippen LogP contribution in [-0.2, 0) is 10.0 Å². The van der Waals surface area contributed by atoms with Gasteiger partial charge in [0.15, 0.2) is 0 Å². The first-order valence-electron chi connectivity index (χ1n) is 5.93. The van der Waals surface area contributed by atoms with Crippen molar-refractivity contribution in [1.82, 2.24) is 4.90 Å². The average molecular weight is 282 g/mol. The van der Waals surface area contributed by atoms with E-state index >= 15 is 0 Å². The number of nitrogens with two attached hydrogens (primary N) is 1. The van der Waals surface area contributed by atoms with E-state index < -0.39 is 10.0 Å². The molecule has 1 aromatic carbocycles. The molecule has 2 N–H and O–H groups in total. The number of hydrogen-bond donors (Lipinski definition) is 1. The van der Waals surface area contributed by atoms with E-state index in [9.17, 15) is 13.2 Å². The summed E-state index contributed by atoms with van der Waals surface area (Å²) in [6.07, 6.45) is 2.45. The van der Waals surface area contributed by atoms with Crippen LogP contribution in [0.1, 0.15) is 23.7 Å². The van der Waals surface area contributed by atoms with Crippen molar-refractivity contribution >= 4 is 15.9 Å². The first-order chi connectivity index (χ1) is 8.90. The van der Waals surface area contributed by atoms with Gasteiger partial charge in [0.25, 0.3) is 5.91 Å². The molecule has 0 bridgehead atoms. The summed E-state index contributed by atoms with van der Waals surface area (Å²) >= 11 is 0. The fourth-order valence-corrected chi connectivity index (χ4v) is 2.25. The molecule has 104 valence electrons. The van der Waals surface area contributed by atoms with Crippen molar-refractivity contribution in [1.29, 1.82) is 0 Å². The fourth-order valence-electron chi connectivity index (χ4n) is 1.69. The Hall–Kier alpha value is -1.66. The van der Waals surface area contributed by atoms with E-state index in [0.717, 1.165) is 6.42 Å². The SMILES string of the molecule is C=CCN(CCC)C(=O)c1cccc(S(N)(=O)=O)c1. The summed E-state index contributed by atoms with van der Waals surface area (Å²) in [5.41, 5.74) is 0.307. The molecule has 0 atom stereocenters. The van der Waals surface area contributed by atoms with Crippen molar-refractivity contribution in [2.45, 2.75) is 18.2 Å². The molecular weight excluding hydrogens is 264 g/mol. The molecule has 0 aromatic heterocycles. The number of carbonyl (C=O) groups excluding carboxylic acids is 1. The first-order valence-corrected chi connectivity index (χ1v) is 7.47. The number of primary sulfonamides is 1. The predicted molar refractivity (Wildman–Crippen MR) is 74.2 cm³/mol. The van der Waals surface area contributed by atoms with Crippen LogP contribution in [0.2, 0.25) is 0 Å². The van der Waals surface area contributed by atoms with E-state index in [2.05, 4.69) is 6.58 Å². The van der Waals surface area contributed by atoms with Gasteiger partial charge in [-0.05, 0) is 24.6 Å². The second kappa shape index (κ2) is 6.49. The monoisotopic (exact) mass is 282 g/mol. The fraction of sp³-hybridized carbons (Fsp3) is 0.308. The van der Waals surface area contributed by atoms with E-state index in [1.54, 1.807) is 17.0 Å². The molecule has 0 heterocycles. The van der Waals surface area contributed by atoms with Gasteiger partial charge < -0.3 is 4.90 Å². The Bertz CT molecular complexity index is 567. The van der Waals surface area contributed by atoms with Gasteiger partial charge in [0.2, 0.25) is 10.0 Å². The third-order valence-corrected chi connectivity index (χ3v) is 3.45. The third-order valence-electron chi connectivity index (χ3n) is 2.54. The number of sulfonamides is 1. The van der Waals surface area contributed by atoms with Crippen LogP contribution in [-0.4, -0.2) is 32.3 Å². The lowest BCUT2D eigenvalue weighted by atomic mass is 10.2. The van der Waals surface area contributed by atoms with E-state index in [1.165, 1.54) is 18.2 Å². The standard InChI is InChI=1S/C13H18N2O3S/c1-3-8-15(9-4-2)13(16)11-6-5-7-12(10-11)19(14,17)18/h3,5-7,10H,1,4,8-9H2,2H3,(H2,14,17,18). The maximum Gasteiger partial charge on any atom is 0.254 e. The maximum atomic E-state index is 12.2. The van der Waals surface area contributed by atoms with Gasteiger partial charge in [-0.1, -0.05) is 19.1 Å². The lowest BCUT2D eigenvalue weighted by molar-refractivity contribution is 0.0773. The Balaban J connectivity index is 3.08. The summed E-state index contributed by atoms with van der Waals surface area (Å²) in [4.78, 5) is 13.8. The largest absolute Gasteiger partial charge is 0.335 e. The topological polar surface area (TPSA) is 80.5 Å². The highest BCUT2D eigenvalue weighted by atomic mass is 32.2. The highest BCUT2D eigenvalue weighted by Crippen LogP contribution is 2.12. The zero-order chi connectivity index (χ0) is 14.5. The summed E-state index contributed by atoms with van der Waals surface area (Å²) in [6, 6.07) is 5.74. The van der Waals surface area contributed by atoms with Gasteiger partial charge in [0.1, 0.15) is 0 Å². The predicted octanol–water partition coefficient (Wildman–Crippen LogP) is 1.37. The van der Waals surface area contributed by atoms with Crippen molar-refractivity contribution in [2.24, 2.45) is 5.14 Å². The molecule has 0 aliphatic rings. The van der Waals surface area contributed by atoms with E-state index in [0.29, 0.717) is 18.7 Å². The van der Waals surface area contributed by atoms with Gasteiger partial charge in [-0.2, -0.15) is 0 Å². The molecule has 6 heteroatoms. The molecule has 1 amide bonds. The molecule has 0 radical (unpaired) electrons. The quantitative estimate of drug-likeness (QED) is 0.800. The zero-order valence-corrected chi connectivity index (χ0v) is 11.7. The van der Waals surface area contributed by atoms with Crippen LogP contribution in [0.3, 0.4) is 0 Å². The lowest BCUT2D eigenvalue weighted by Gasteiger charge is -2.20. The van der Waals surface area contributed by atoms with Gasteiger partial charge in [-0.15, -0.1) is 6.58 Å². The summed E-state index contributed by atoms with van der Waals surface area (Å²) in [5.74, 6) is -0.229. The van der Waals surface area contributed by atoms with E-state index in [1.807, 2.05) is 6.92 Å². The Kier molecular flexibility index (Phi) is 5.26. The van der Waals surface area contributed by atoms with Gasteiger partial charge in [0.05, 0.1) is 4.90 Å². The number of carbonyl (C=O) groups is 1. The van der Waals surface area contributed by atoms with Crippen LogP contribution in [0.15, 0.2) is 41.8 Å². The molecule has 0 spiro atoms. The highest BCUT2D eigenvalue weighted by molar-refractivity contribution is 7.89. The molecule has 1 rings (SSSR count).